The molecule has 3 rings (SSSR count). The number of rotatable bonds is 7. The number of hydrogen-bond acceptors (Lipinski definition) is 4. The summed E-state index contributed by atoms with van der Waals surface area (Å²) in [5.41, 5.74) is 8.32. The van der Waals surface area contributed by atoms with Crippen LogP contribution in [0.15, 0.2) is 66.2 Å². The highest BCUT2D eigenvalue weighted by Crippen LogP contribution is 2.23. The van der Waals surface area contributed by atoms with Crippen LogP contribution < -0.4 is 10.5 Å². The molecule has 0 fully saturated rings. The number of thiazole rings is 1. The quantitative estimate of drug-likeness (QED) is 0.714. The highest BCUT2D eigenvalue weighted by Gasteiger charge is 2.13. The first kappa shape index (κ1) is 15.7. The Bertz CT molecular complexity index is 696. The van der Waals surface area contributed by atoms with Crippen LogP contribution in [-0.4, -0.2) is 11.5 Å². The topological polar surface area (TPSA) is 48.1 Å². The summed E-state index contributed by atoms with van der Waals surface area (Å²) < 4.78 is 5.82. The molecule has 0 radical (unpaired) electrons. The fraction of sp³-hybridized carbons (Fsp3) is 0.211. The molecule has 118 valence electrons. The van der Waals surface area contributed by atoms with Crippen LogP contribution in [0.2, 0.25) is 0 Å². The molecule has 1 heterocycles. The van der Waals surface area contributed by atoms with Crippen LogP contribution in [-0.2, 0) is 13.0 Å². The second-order valence-electron chi connectivity index (χ2n) is 5.43. The van der Waals surface area contributed by atoms with Gasteiger partial charge in [-0.3, -0.25) is 0 Å². The molecule has 0 aliphatic carbocycles. The molecule has 3 aromatic rings. The standard InChI is InChI=1S/C19H20N2OS/c20-13-17(19-21-10-11-23-19)12-15-6-8-18(9-7-15)22-14-16-4-2-1-3-5-16/h1-11,17H,12-14,20H2. The first-order valence-electron chi connectivity index (χ1n) is 7.70. The molecule has 1 atom stereocenters. The molecule has 3 nitrogen and oxygen atoms in total. The van der Waals surface area contributed by atoms with E-state index in [-0.39, 0.29) is 5.92 Å². The Morgan fingerprint density at radius 1 is 1.00 bits per heavy atom. The SMILES string of the molecule is NCC(Cc1ccc(OCc2ccccc2)cc1)c1nccs1. The van der Waals surface area contributed by atoms with Crippen molar-refractivity contribution < 1.29 is 4.74 Å². The van der Waals surface area contributed by atoms with Gasteiger partial charge in [-0.2, -0.15) is 0 Å². The lowest BCUT2D eigenvalue weighted by molar-refractivity contribution is 0.306. The summed E-state index contributed by atoms with van der Waals surface area (Å²) in [4.78, 5) is 4.38. The Hall–Kier alpha value is -2.17. The Kier molecular flexibility index (Phi) is 5.40. The number of nitrogens with two attached hydrogens (primary N) is 1. The van der Waals surface area contributed by atoms with E-state index in [1.165, 1.54) is 11.1 Å². The van der Waals surface area contributed by atoms with Crippen LogP contribution in [0.1, 0.15) is 22.1 Å². The fourth-order valence-electron chi connectivity index (χ4n) is 2.45. The monoisotopic (exact) mass is 324 g/mol. The third-order valence-corrected chi connectivity index (χ3v) is 4.68. The number of nitrogens with zero attached hydrogens (tertiary/aromatic N) is 1. The average Bonchev–Trinajstić information content (AvgIpc) is 3.14. The van der Waals surface area contributed by atoms with Gasteiger partial charge in [0.2, 0.25) is 0 Å². The van der Waals surface area contributed by atoms with Crippen LogP contribution in [0.4, 0.5) is 0 Å². The Labute approximate surface area is 140 Å². The average molecular weight is 324 g/mol. The van der Waals surface area contributed by atoms with E-state index in [1.54, 1.807) is 11.3 Å². The molecule has 4 heteroatoms. The molecule has 1 aromatic heterocycles. The van der Waals surface area contributed by atoms with Crippen molar-refractivity contribution in [3.05, 3.63) is 82.3 Å². The molecule has 0 bridgehead atoms. The van der Waals surface area contributed by atoms with Gasteiger partial charge < -0.3 is 10.5 Å². The molecule has 2 aromatic carbocycles. The lowest BCUT2D eigenvalue weighted by atomic mass is 10.00. The summed E-state index contributed by atoms with van der Waals surface area (Å²) in [7, 11) is 0. The smallest absolute Gasteiger partial charge is 0.119 e. The fourth-order valence-corrected chi connectivity index (χ4v) is 3.21. The van der Waals surface area contributed by atoms with Crippen molar-refractivity contribution >= 4 is 11.3 Å². The van der Waals surface area contributed by atoms with Gasteiger partial charge in [0.25, 0.3) is 0 Å². The molecule has 0 aliphatic heterocycles. The Morgan fingerprint density at radius 2 is 1.78 bits per heavy atom. The number of aromatic nitrogens is 1. The van der Waals surface area contributed by atoms with Gasteiger partial charge in [0, 0.05) is 24.0 Å². The summed E-state index contributed by atoms with van der Waals surface area (Å²) in [6, 6.07) is 18.4. The van der Waals surface area contributed by atoms with Gasteiger partial charge in [-0.05, 0) is 29.7 Å². The van der Waals surface area contributed by atoms with E-state index in [0.717, 1.165) is 17.2 Å². The second kappa shape index (κ2) is 7.90. The molecule has 0 amide bonds. The molecule has 2 N–H and O–H groups in total. The van der Waals surface area contributed by atoms with Crippen molar-refractivity contribution in [3.8, 4) is 5.75 Å². The molecular weight excluding hydrogens is 304 g/mol. The maximum absolute atomic E-state index is 5.90. The van der Waals surface area contributed by atoms with Gasteiger partial charge in [-0.25, -0.2) is 4.98 Å². The molecule has 0 saturated carbocycles. The second-order valence-corrected chi connectivity index (χ2v) is 6.35. The number of benzene rings is 2. The van der Waals surface area contributed by atoms with Crippen molar-refractivity contribution in [1.82, 2.24) is 4.98 Å². The zero-order valence-electron chi connectivity index (χ0n) is 12.9. The molecule has 0 saturated heterocycles. The van der Waals surface area contributed by atoms with Crippen LogP contribution in [0.25, 0.3) is 0 Å². The lowest BCUT2D eigenvalue weighted by Gasteiger charge is -2.12. The van der Waals surface area contributed by atoms with Gasteiger partial charge in [0.15, 0.2) is 0 Å². The normalized spacial score (nSPS) is 12.0. The van der Waals surface area contributed by atoms with Gasteiger partial charge in [-0.15, -0.1) is 11.3 Å². The first-order chi connectivity index (χ1) is 11.3. The van der Waals surface area contributed by atoms with E-state index >= 15 is 0 Å². The van der Waals surface area contributed by atoms with Crippen LogP contribution in [0.5, 0.6) is 5.75 Å². The van der Waals surface area contributed by atoms with E-state index in [1.807, 2.05) is 41.9 Å². The molecular formula is C19H20N2OS. The van der Waals surface area contributed by atoms with Crippen molar-refractivity contribution in [1.29, 1.82) is 0 Å². The maximum atomic E-state index is 5.90. The minimum absolute atomic E-state index is 0.283. The summed E-state index contributed by atoms with van der Waals surface area (Å²) in [6.45, 7) is 1.20. The van der Waals surface area contributed by atoms with Gasteiger partial charge in [0.1, 0.15) is 12.4 Å². The summed E-state index contributed by atoms with van der Waals surface area (Å²) in [5.74, 6) is 1.17. The van der Waals surface area contributed by atoms with E-state index in [9.17, 15) is 0 Å². The van der Waals surface area contributed by atoms with Crippen LogP contribution in [0, 0.1) is 0 Å². The third kappa shape index (κ3) is 4.41. The zero-order chi connectivity index (χ0) is 15.9. The minimum atomic E-state index is 0.283. The molecule has 0 spiro atoms. The predicted octanol–water partition coefficient (Wildman–Crippen LogP) is 4.01. The summed E-state index contributed by atoms with van der Waals surface area (Å²) >= 11 is 1.67. The molecule has 1 unspecified atom stereocenters. The van der Waals surface area contributed by atoms with E-state index in [0.29, 0.717) is 13.2 Å². The lowest BCUT2D eigenvalue weighted by Crippen LogP contribution is -2.14. The Balaban J connectivity index is 1.58. The molecule has 0 aliphatic rings. The van der Waals surface area contributed by atoms with Crippen molar-refractivity contribution in [2.24, 2.45) is 5.73 Å². The number of ether oxygens (including phenoxy) is 1. The van der Waals surface area contributed by atoms with Crippen LogP contribution >= 0.6 is 11.3 Å². The van der Waals surface area contributed by atoms with Gasteiger partial charge in [0.05, 0.1) is 5.01 Å². The Morgan fingerprint density at radius 3 is 2.43 bits per heavy atom. The van der Waals surface area contributed by atoms with E-state index in [2.05, 4.69) is 29.2 Å². The van der Waals surface area contributed by atoms with Crippen molar-refractivity contribution in [2.45, 2.75) is 18.9 Å². The molecule has 23 heavy (non-hydrogen) atoms. The van der Waals surface area contributed by atoms with Crippen molar-refractivity contribution in [2.75, 3.05) is 6.54 Å². The van der Waals surface area contributed by atoms with E-state index < -0.39 is 0 Å². The largest absolute Gasteiger partial charge is 0.489 e. The predicted molar refractivity (Wildman–Crippen MR) is 94.8 cm³/mol. The van der Waals surface area contributed by atoms with Crippen LogP contribution in [0.3, 0.4) is 0 Å². The summed E-state index contributed by atoms with van der Waals surface area (Å²) in [6.07, 6.45) is 2.74. The minimum Gasteiger partial charge on any atom is -0.489 e. The van der Waals surface area contributed by atoms with E-state index in [4.69, 9.17) is 10.5 Å². The third-order valence-electron chi connectivity index (χ3n) is 3.74. The van der Waals surface area contributed by atoms with Gasteiger partial charge in [-0.1, -0.05) is 42.5 Å². The number of hydrogen-bond donors (Lipinski definition) is 1. The van der Waals surface area contributed by atoms with Gasteiger partial charge >= 0.3 is 0 Å². The first-order valence-corrected chi connectivity index (χ1v) is 8.58. The maximum Gasteiger partial charge on any atom is 0.119 e. The summed E-state index contributed by atoms with van der Waals surface area (Å²) in [5, 5.41) is 3.11. The van der Waals surface area contributed by atoms with Crippen molar-refractivity contribution in [3.63, 3.8) is 0 Å². The highest BCUT2D eigenvalue weighted by molar-refractivity contribution is 7.09. The zero-order valence-corrected chi connectivity index (χ0v) is 13.7. The highest BCUT2D eigenvalue weighted by atomic mass is 32.1.